The largest absolute Gasteiger partial charge is 0.439 e. The van der Waals surface area contributed by atoms with Gasteiger partial charge in [-0.15, -0.1) is 0 Å². The molecule has 3 rings (SSSR count). The number of rotatable bonds is 6. The quantitative estimate of drug-likeness (QED) is 0.260. The molecule has 0 aliphatic carbocycles. The van der Waals surface area contributed by atoms with E-state index in [-0.39, 0.29) is 12.4 Å². The fraction of sp³-hybridized carbons (Fsp3) is 0.158. The first-order valence-corrected chi connectivity index (χ1v) is 9.24. The smallest absolute Gasteiger partial charge is 0.226 e. The first-order valence-electron chi connectivity index (χ1n) is 8.11. The standard InChI is InChI=1S/C19H15Cl3FN3O2/c1-11-15(9-24-27-10-12-7-17(21)18(22)8-16(12)20)19(26(2)25-11)28-14-5-3-13(23)4-6-14/h3-9H,10H2,1-2H3/b24-9+. The highest BCUT2D eigenvalue weighted by Crippen LogP contribution is 2.29. The van der Waals surface area contributed by atoms with E-state index in [9.17, 15) is 4.39 Å². The molecule has 0 amide bonds. The van der Waals surface area contributed by atoms with Crippen molar-refractivity contribution < 1.29 is 14.0 Å². The van der Waals surface area contributed by atoms with E-state index < -0.39 is 0 Å². The summed E-state index contributed by atoms with van der Waals surface area (Å²) in [6.07, 6.45) is 1.49. The summed E-state index contributed by atoms with van der Waals surface area (Å²) in [6.45, 7) is 1.92. The summed E-state index contributed by atoms with van der Waals surface area (Å²) in [5, 5.41) is 9.46. The van der Waals surface area contributed by atoms with Gasteiger partial charge in [0.2, 0.25) is 5.88 Å². The first kappa shape index (κ1) is 20.5. The summed E-state index contributed by atoms with van der Waals surface area (Å²) in [6, 6.07) is 8.86. The molecule has 0 spiro atoms. The van der Waals surface area contributed by atoms with Gasteiger partial charge in [0.05, 0.1) is 27.5 Å². The van der Waals surface area contributed by atoms with E-state index in [0.717, 1.165) is 0 Å². The van der Waals surface area contributed by atoms with E-state index in [2.05, 4.69) is 10.3 Å². The topological polar surface area (TPSA) is 48.6 Å². The van der Waals surface area contributed by atoms with Gasteiger partial charge >= 0.3 is 0 Å². The van der Waals surface area contributed by atoms with E-state index in [1.807, 2.05) is 6.92 Å². The van der Waals surface area contributed by atoms with Gasteiger partial charge in [0, 0.05) is 17.6 Å². The number of aromatic nitrogens is 2. The van der Waals surface area contributed by atoms with E-state index in [1.54, 1.807) is 23.9 Å². The van der Waals surface area contributed by atoms with Crippen molar-refractivity contribution in [1.82, 2.24) is 9.78 Å². The molecule has 0 saturated carbocycles. The van der Waals surface area contributed by atoms with E-state index in [1.165, 1.54) is 30.5 Å². The van der Waals surface area contributed by atoms with Crippen molar-refractivity contribution in [2.75, 3.05) is 0 Å². The molecular formula is C19H15Cl3FN3O2. The average Bonchev–Trinajstić information content (AvgIpc) is 2.91. The predicted molar refractivity (Wildman–Crippen MR) is 108 cm³/mol. The Morgan fingerprint density at radius 2 is 1.79 bits per heavy atom. The van der Waals surface area contributed by atoms with Crippen LogP contribution < -0.4 is 4.74 Å². The lowest BCUT2D eigenvalue weighted by atomic mass is 10.2. The normalized spacial score (nSPS) is 11.2. The van der Waals surface area contributed by atoms with Gasteiger partial charge in [0.15, 0.2) is 0 Å². The number of ether oxygens (including phenoxy) is 1. The summed E-state index contributed by atoms with van der Waals surface area (Å²) in [7, 11) is 1.74. The van der Waals surface area contributed by atoms with Gasteiger partial charge in [-0.25, -0.2) is 9.07 Å². The zero-order valence-electron chi connectivity index (χ0n) is 14.9. The Morgan fingerprint density at radius 1 is 1.11 bits per heavy atom. The first-order chi connectivity index (χ1) is 13.3. The van der Waals surface area contributed by atoms with Crippen LogP contribution in [0.2, 0.25) is 15.1 Å². The molecule has 0 bridgehead atoms. The SMILES string of the molecule is Cc1nn(C)c(Oc2ccc(F)cc2)c1/C=N/OCc1cc(Cl)c(Cl)cc1Cl. The average molecular weight is 443 g/mol. The molecule has 0 saturated heterocycles. The number of aryl methyl sites for hydroxylation is 2. The summed E-state index contributed by atoms with van der Waals surface area (Å²) in [5.74, 6) is 0.580. The van der Waals surface area contributed by atoms with Crippen LogP contribution >= 0.6 is 34.8 Å². The van der Waals surface area contributed by atoms with Gasteiger partial charge in [0.1, 0.15) is 18.2 Å². The Bertz CT molecular complexity index is 1020. The molecule has 2 aromatic carbocycles. The second-order valence-electron chi connectivity index (χ2n) is 5.85. The lowest BCUT2D eigenvalue weighted by Gasteiger charge is -2.07. The monoisotopic (exact) mass is 441 g/mol. The second kappa shape index (κ2) is 8.82. The molecule has 146 valence electrons. The number of oxime groups is 1. The lowest BCUT2D eigenvalue weighted by molar-refractivity contribution is 0.132. The van der Waals surface area contributed by atoms with Gasteiger partial charge in [-0.2, -0.15) is 5.10 Å². The third kappa shape index (κ3) is 4.76. The minimum absolute atomic E-state index is 0.111. The van der Waals surface area contributed by atoms with Crippen molar-refractivity contribution in [3.05, 3.63) is 74.1 Å². The number of benzene rings is 2. The van der Waals surface area contributed by atoms with E-state index in [0.29, 0.717) is 43.5 Å². The van der Waals surface area contributed by atoms with Crippen molar-refractivity contribution in [1.29, 1.82) is 0 Å². The summed E-state index contributed by atoms with van der Waals surface area (Å²) in [4.78, 5) is 5.33. The van der Waals surface area contributed by atoms with Crippen LogP contribution in [-0.2, 0) is 18.5 Å². The van der Waals surface area contributed by atoms with Crippen molar-refractivity contribution in [2.24, 2.45) is 12.2 Å². The summed E-state index contributed by atoms with van der Waals surface area (Å²) < 4.78 is 20.5. The predicted octanol–water partition coefficient (Wildman–Crippen LogP) is 6.17. The Labute approximate surface area is 176 Å². The number of nitrogens with zero attached hydrogens (tertiary/aromatic N) is 3. The van der Waals surface area contributed by atoms with Crippen molar-refractivity contribution in [2.45, 2.75) is 13.5 Å². The third-order valence-electron chi connectivity index (χ3n) is 3.81. The maximum atomic E-state index is 13.1. The molecule has 0 radical (unpaired) electrons. The highest BCUT2D eigenvalue weighted by Gasteiger charge is 2.14. The van der Waals surface area contributed by atoms with Crippen molar-refractivity contribution >= 4 is 41.0 Å². The van der Waals surface area contributed by atoms with Crippen molar-refractivity contribution in [3.63, 3.8) is 0 Å². The summed E-state index contributed by atoms with van der Waals surface area (Å²) >= 11 is 18.0. The van der Waals surface area contributed by atoms with Crippen LogP contribution in [0, 0.1) is 12.7 Å². The van der Waals surface area contributed by atoms with Crippen LogP contribution in [0.25, 0.3) is 0 Å². The highest BCUT2D eigenvalue weighted by atomic mass is 35.5. The molecule has 0 fully saturated rings. The molecule has 0 unspecified atom stereocenters. The molecule has 0 atom stereocenters. The Balaban J connectivity index is 1.73. The minimum atomic E-state index is -0.343. The molecule has 9 heteroatoms. The second-order valence-corrected chi connectivity index (χ2v) is 7.07. The van der Waals surface area contributed by atoms with Crippen LogP contribution in [0.3, 0.4) is 0 Å². The van der Waals surface area contributed by atoms with Crippen LogP contribution in [0.1, 0.15) is 16.8 Å². The highest BCUT2D eigenvalue weighted by molar-refractivity contribution is 6.43. The van der Waals surface area contributed by atoms with E-state index >= 15 is 0 Å². The zero-order valence-corrected chi connectivity index (χ0v) is 17.2. The molecule has 0 aliphatic heterocycles. The van der Waals surface area contributed by atoms with Crippen LogP contribution in [0.4, 0.5) is 4.39 Å². The van der Waals surface area contributed by atoms with Crippen LogP contribution in [0.5, 0.6) is 11.6 Å². The number of hydrogen-bond acceptors (Lipinski definition) is 4. The summed E-state index contributed by atoms with van der Waals surface area (Å²) in [5.41, 5.74) is 1.98. The molecule has 0 aliphatic rings. The Kier molecular flexibility index (Phi) is 6.44. The maximum absolute atomic E-state index is 13.1. The maximum Gasteiger partial charge on any atom is 0.226 e. The minimum Gasteiger partial charge on any atom is -0.439 e. The van der Waals surface area contributed by atoms with Crippen LogP contribution in [-0.4, -0.2) is 16.0 Å². The third-order valence-corrected chi connectivity index (χ3v) is 4.88. The molecule has 5 nitrogen and oxygen atoms in total. The van der Waals surface area contributed by atoms with Crippen LogP contribution in [0.15, 0.2) is 41.6 Å². The fourth-order valence-corrected chi connectivity index (χ4v) is 3.03. The molecular weight excluding hydrogens is 428 g/mol. The van der Waals surface area contributed by atoms with Gasteiger partial charge in [-0.05, 0) is 43.3 Å². The molecule has 3 aromatic rings. The van der Waals surface area contributed by atoms with Gasteiger partial charge in [-0.1, -0.05) is 40.0 Å². The van der Waals surface area contributed by atoms with Gasteiger partial charge in [-0.3, -0.25) is 0 Å². The number of halogens is 4. The molecule has 1 heterocycles. The Morgan fingerprint density at radius 3 is 2.50 bits per heavy atom. The molecule has 28 heavy (non-hydrogen) atoms. The molecule has 1 aromatic heterocycles. The zero-order chi connectivity index (χ0) is 20.3. The lowest BCUT2D eigenvalue weighted by Crippen LogP contribution is -1.97. The van der Waals surface area contributed by atoms with E-state index in [4.69, 9.17) is 44.4 Å². The van der Waals surface area contributed by atoms with Gasteiger partial charge < -0.3 is 9.57 Å². The Hall–Kier alpha value is -2.28. The van der Waals surface area contributed by atoms with Crippen molar-refractivity contribution in [3.8, 4) is 11.6 Å². The molecule has 0 N–H and O–H groups in total. The fourth-order valence-electron chi connectivity index (χ4n) is 2.41. The van der Waals surface area contributed by atoms with Gasteiger partial charge in [0.25, 0.3) is 0 Å². The number of hydrogen-bond donors (Lipinski definition) is 0.